The number of nitrogens with zero attached hydrogens (tertiary/aromatic N) is 3. The van der Waals surface area contributed by atoms with Gasteiger partial charge in [0.1, 0.15) is 5.69 Å². The van der Waals surface area contributed by atoms with Gasteiger partial charge in [0.2, 0.25) is 0 Å². The van der Waals surface area contributed by atoms with Crippen molar-refractivity contribution in [3.05, 3.63) is 46.2 Å². The molecule has 0 fully saturated rings. The first-order valence-electron chi connectivity index (χ1n) is 8.45. The van der Waals surface area contributed by atoms with Crippen LogP contribution in [0.2, 0.25) is 5.02 Å². The molecule has 1 aromatic heterocycles. The molecule has 0 aliphatic carbocycles. The Hall–Kier alpha value is -2.06. The maximum Gasteiger partial charge on any atom is 0.417 e. The van der Waals surface area contributed by atoms with E-state index in [-0.39, 0.29) is 18.5 Å². The molecular formula is C18H21ClF3N3O2. The summed E-state index contributed by atoms with van der Waals surface area (Å²) in [6.45, 7) is 6.29. The fourth-order valence-corrected chi connectivity index (χ4v) is 3.21. The number of amides is 1. The zero-order chi connectivity index (χ0) is 20.4. The monoisotopic (exact) mass is 403 g/mol. The number of hydrogen-bond donors (Lipinski definition) is 0. The summed E-state index contributed by atoms with van der Waals surface area (Å²) in [5, 5.41) is 3.77. The number of aryl methyl sites for hydroxylation is 1. The number of alkyl halides is 3. The van der Waals surface area contributed by atoms with Crippen molar-refractivity contribution in [2.45, 2.75) is 33.0 Å². The second-order valence-electron chi connectivity index (χ2n) is 5.81. The van der Waals surface area contributed by atoms with Crippen LogP contribution in [0.25, 0.3) is 0 Å². The lowest BCUT2D eigenvalue weighted by Gasteiger charge is -2.33. The van der Waals surface area contributed by atoms with Gasteiger partial charge in [0, 0.05) is 18.4 Å². The molecular weight excluding hydrogens is 383 g/mol. The highest BCUT2D eigenvalue weighted by molar-refractivity contribution is 6.31. The van der Waals surface area contributed by atoms with Crippen LogP contribution in [-0.2, 0) is 10.9 Å². The zero-order valence-corrected chi connectivity index (χ0v) is 16.2. The van der Waals surface area contributed by atoms with Crippen molar-refractivity contribution >= 4 is 23.2 Å². The number of rotatable bonds is 3. The van der Waals surface area contributed by atoms with E-state index in [1.807, 2.05) is 13.8 Å². The maximum atomic E-state index is 12.9. The molecule has 0 N–H and O–H groups in total. The molecule has 1 unspecified atom stereocenters. The highest BCUT2D eigenvalue weighted by atomic mass is 35.5. The Bertz CT molecular complexity index is 821. The molecule has 0 saturated heterocycles. The van der Waals surface area contributed by atoms with Gasteiger partial charge in [0.15, 0.2) is 0 Å². The molecule has 1 aliphatic heterocycles. The van der Waals surface area contributed by atoms with Gasteiger partial charge in [-0.3, -0.25) is 9.48 Å². The molecule has 1 aliphatic rings. The molecule has 0 spiro atoms. The SMILES string of the molecule is CC.COCC1CN(c2ccc(C(F)(F)F)c(Cl)c2)C(=O)c2c(C)cnn21. The Morgan fingerprint density at radius 1 is 1.33 bits per heavy atom. The largest absolute Gasteiger partial charge is 0.417 e. The third-order valence-electron chi connectivity index (χ3n) is 4.09. The van der Waals surface area contributed by atoms with Crippen molar-refractivity contribution in [1.29, 1.82) is 0 Å². The van der Waals surface area contributed by atoms with Gasteiger partial charge in [-0.1, -0.05) is 25.4 Å². The first-order chi connectivity index (χ1) is 12.7. The average molecular weight is 404 g/mol. The molecule has 1 amide bonds. The third kappa shape index (κ3) is 4.11. The van der Waals surface area contributed by atoms with E-state index < -0.39 is 16.8 Å². The third-order valence-corrected chi connectivity index (χ3v) is 4.41. The van der Waals surface area contributed by atoms with Crippen LogP contribution in [0, 0.1) is 6.92 Å². The van der Waals surface area contributed by atoms with Gasteiger partial charge >= 0.3 is 6.18 Å². The van der Waals surface area contributed by atoms with E-state index in [1.165, 1.54) is 18.1 Å². The minimum atomic E-state index is -4.55. The Balaban J connectivity index is 0.00000126. The van der Waals surface area contributed by atoms with Crippen LogP contribution in [0.3, 0.4) is 0 Å². The van der Waals surface area contributed by atoms with Gasteiger partial charge in [0.05, 0.1) is 36.0 Å². The fraction of sp³-hybridized carbons (Fsp3) is 0.444. The second-order valence-corrected chi connectivity index (χ2v) is 6.21. The van der Waals surface area contributed by atoms with E-state index in [9.17, 15) is 18.0 Å². The summed E-state index contributed by atoms with van der Waals surface area (Å²) in [7, 11) is 1.53. The highest BCUT2D eigenvalue weighted by Gasteiger charge is 2.36. The first kappa shape index (κ1) is 21.2. The molecule has 9 heteroatoms. The number of carbonyl (C=O) groups excluding carboxylic acids is 1. The van der Waals surface area contributed by atoms with Gasteiger partial charge in [0.25, 0.3) is 5.91 Å². The summed E-state index contributed by atoms with van der Waals surface area (Å²) in [5.41, 5.74) is 0.450. The van der Waals surface area contributed by atoms with Gasteiger partial charge in [-0.15, -0.1) is 0 Å². The van der Waals surface area contributed by atoms with Crippen LogP contribution in [0.15, 0.2) is 24.4 Å². The number of carbonyl (C=O) groups is 1. The zero-order valence-electron chi connectivity index (χ0n) is 15.5. The number of benzene rings is 1. The second kappa shape index (κ2) is 8.31. The number of aromatic nitrogens is 2. The predicted molar refractivity (Wildman–Crippen MR) is 97.4 cm³/mol. The summed E-state index contributed by atoms with van der Waals surface area (Å²) >= 11 is 5.79. The molecule has 2 heterocycles. The van der Waals surface area contributed by atoms with E-state index >= 15 is 0 Å². The maximum absolute atomic E-state index is 12.9. The standard InChI is InChI=1S/C16H15ClF3N3O2.C2H6/c1-9-6-21-23-11(8-25-2)7-22(15(24)14(9)23)10-3-4-12(13(17)5-10)16(18,19)20;1-2/h3-6,11H,7-8H2,1-2H3;1-2H3. The lowest BCUT2D eigenvalue weighted by atomic mass is 10.1. The number of anilines is 1. The molecule has 148 valence electrons. The van der Waals surface area contributed by atoms with E-state index in [1.54, 1.807) is 17.8 Å². The highest BCUT2D eigenvalue weighted by Crippen LogP contribution is 2.37. The first-order valence-corrected chi connectivity index (χ1v) is 8.83. The van der Waals surface area contributed by atoms with Crippen LogP contribution in [0.1, 0.15) is 41.5 Å². The van der Waals surface area contributed by atoms with E-state index in [4.69, 9.17) is 16.3 Å². The van der Waals surface area contributed by atoms with Gasteiger partial charge in [-0.05, 0) is 25.1 Å². The molecule has 0 bridgehead atoms. The van der Waals surface area contributed by atoms with Gasteiger partial charge < -0.3 is 9.64 Å². The Morgan fingerprint density at radius 3 is 2.56 bits per heavy atom. The Kier molecular flexibility index (Phi) is 6.54. The van der Waals surface area contributed by atoms with Gasteiger partial charge in [-0.25, -0.2) is 0 Å². The lowest BCUT2D eigenvalue weighted by Crippen LogP contribution is -2.45. The molecule has 1 aromatic carbocycles. The van der Waals surface area contributed by atoms with Crippen LogP contribution < -0.4 is 4.90 Å². The van der Waals surface area contributed by atoms with Gasteiger partial charge in [-0.2, -0.15) is 18.3 Å². The molecule has 1 atom stereocenters. The molecule has 2 aromatic rings. The van der Waals surface area contributed by atoms with Crippen LogP contribution in [0.4, 0.5) is 18.9 Å². The molecule has 0 saturated carbocycles. The van der Waals surface area contributed by atoms with E-state index in [0.717, 1.165) is 12.1 Å². The molecule has 0 radical (unpaired) electrons. The number of methoxy groups -OCH3 is 1. The smallest absolute Gasteiger partial charge is 0.382 e. The fourth-order valence-electron chi connectivity index (χ4n) is 2.93. The topological polar surface area (TPSA) is 47.4 Å². The summed E-state index contributed by atoms with van der Waals surface area (Å²) in [6, 6.07) is 3.05. The van der Waals surface area contributed by atoms with E-state index in [0.29, 0.717) is 23.6 Å². The van der Waals surface area contributed by atoms with Crippen molar-refractivity contribution in [2.75, 3.05) is 25.2 Å². The number of fused-ring (bicyclic) bond motifs is 1. The molecule has 27 heavy (non-hydrogen) atoms. The van der Waals surface area contributed by atoms with Crippen molar-refractivity contribution < 1.29 is 22.7 Å². The van der Waals surface area contributed by atoms with Crippen LogP contribution in [-0.4, -0.2) is 35.9 Å². The quantitative estimate of drug-likeness (QED) is 0.743. The summed E-state index contributed by atoms with van der Waals surface area (Å²) < 4.78 is 45.4. The Morgan fingerprint density at radius 2 is 2.00 bits per heavy atom. The normalized spacial score (nSPS) is 16.7. The van der Waals surface area contributed by atoms with Crippen LogP contribution >= 0.6 is 11.6 Å². The number of hydrogen-bond acceptors (Lipinski definition) is 3. The molecule has 3 rings (SSSR count). The lowest BCUT2D eigenvalue weighted by molar-refractivity contribution is -0.137. The van der Waals surface area contributed by atoms with Crippen LogP contribution in [0.5, 0.6) is 0 Å². The molecule has 5 nitrogen and oxygen atoms in total. The predicted octanol–water partition coefficient (Wildman–Crippen LogP) is 4.74. The summed E-state index contributed by atoms with van der Waals surface area (Å²) in [4.78, 5) is 14.2. The average Bonchev–Trinajstić information content (AvgIpc) is 3.00. The minimum Gasteiger partial charge on any atom is -0.382 e. The van der Waals surface area contributed by atoms with Crippen molar-refractivity contribution in [3.8, 4) is 0 Å². The number of ether oxygens (including phenoxy) is 1. The summed E-state index contributed by atoms with van der Waals surface area (Å²) in [5.74, 6) is -0.335. The van der Waals surface area contributed by atoms with E-state index in [2.05, 4.69) is 5.10 Å². The van der Waals surface area contributed by atoms with Crippen molar-refractivity contribution in [2.24, 2.45) is 0 Å². The summed E-state index contributed by atoms with van der Waals surface area (Å²) in [6.07, 6.45) is -2.96. The number of halogens is 4. The van der Waals surface area contributed by atoms with Crippen molar-refractivity contribution in [1.82, 2.24) is 9.78 Å². The minimum absolute atomic E-state index is 0.225. The van der Waals surface area contributed by atoms with Crippen molar-refractivity contribution in [3.63, 3.8) is 0 Å². The Labute approximate surface area is 160 Å².